The molecule has 0 aliphatic rings. The summed E-state index contributed by atoms with van der Waals surface area (Å²) >= 11 is 0. The molecule has 2 aromatic heterocycles. The fraction of sp³-hybridized carbons (Fsp3) is 0. The van der Waals surface area contributed by atoms with Crippen molar-refractivity contribution in [1.82, 2.24) is 9.97 Å². The maximum absolute atomic E-state index is 10.6. The first kappa shape index (κ1) is 11.5. The summed E-state index contributed by atoms with van der Waals surface area (Å²) in [5.74, 6) is -1.66. The average Bonchev–Trinajstić information content (AvgIpc) is 2.18. The third-order valence-corrected chi connectivity index (χ3v) is 1.82. The molecule has 0 saturated heterocycles. The number of hydrogen-bond donors (Lipinski definition) is 2. The van der Waals surface area contributed by atoms with Gasteiger partial charge < -0.3 is 10.2 Å². The largest absolute Gasteiger partial charge is 1.00 e. The van der Waals surface area contributed by atoms with E-state index in [1.807, 2.05) is 0 Å². The quantitative estimate of drug-likeness (QED) is 0.767. The van der Waals surface area contributed by atoms with Gasteiger partial charge in [0.15, 0.2) is 11.4 Å². The van der Waals surface area contributed by atoms with Gasteiger partial charge in [0.25, 0.3) is 0 Å². The van der Waals surface area contributed by atoms with Gasteiger partial charge in [0, 0.05) is 17.8 Å². The fourth-order valence-electron chi connectivity index (χ4n) is 1.18. The molecule has 0 aliphatic carbocycles. The van der Waals surface area contributed by atoms with Crippen LogP contribution in [-0.4, -0.2) is 26.2 Å². The second kappa shape index (κ2) is 4.32. The molecule has 0 unspecified atom stereocenters. The van der Waals surface area contributed by atoms with Crippen LogP contribution >= 0.6 is 0 Å². The number of hydrogen-bond acceptors (Lipinski definition) is 4. The summed E-state index contributed by atoms with van der Waals surface area (Å²) in [7, 11) is 0. The van der Waals surface area contributed by atoms with E-state index in [9.17, 15) is 9.90 Å². The molecule has 2 rings (SSSR count). The Bertz CT molecular complexity index is 516. The van der Waals surface area contributed by atoms with Crippen molar-refractivity contribution in [2.75, 3.05) is 0 Å². The van der Waals surface area contributed by atoms with Crippen molar-refractivity contribution in [2.45, 2.75) is 0 Å². The maximum Gasteiger partial charge on any atom is 1.00 e. The fourth-order valence-corrected chi connectivity index (χ4v) is 1.18. The van der Waals surface area contributed by atoms with Crippen LogP contribution in [0.1, 0.15) is 10.5 Å². The summed E-state index contributed by atoms with van der Waals surface area (Å²) in [5, 5.41) is 18.8. The number of aromatic carboxylic acids is 1. The normalized spacial score (nSPS) is 9.60. The number of rotatable bonds is 1. The summed E-state index contributed by atoms with van der Waals surface area (Å²) < 4.78 is 0. The Kier molecular flexibility index (Phi) is 3.32. The zero-order chi connectivity index (χ0) is 10.1. The minimum absolute atomic E-state index is 0. The Morgan fingerprint density at radius 3 is 2.73 bits per heavy atom. The van der Waals surface area contributed by atoms with Gasteiger partial charge in [-0.05, 0) is 12.1 Å². The molecule has 5 nitrogen and oxygen atoms in total. The van der Waals surface area contributed by atoms with E-state index in [4.69, 9.17) is 5.11 Å². The number of carboxylic acids is 1. The van der Waals surface area contributed by atoms with Crippen molar-refractivity contribution in [3.8, 4) is 5.75 Å². The molecule has 0 atom stereocenters. The van der Waals surface area contributed by atoms with Crippen LogP contribution in [0, 0.1) is 0 Å². The molecule has 2 aromatic rings. The molecular formula is C9H6N2O3Ru+. The Morgan fingerprint density at radius 2 is 2.07 bits per heavy atom. The zero-order valence-corrected chi connectivity index (χ0v) is 9.10. The van der Waals surface area contributed by atoms with Crippen LogP contribution in [0.2, 0.25) is 0 Å². The monoisotopic (exact) mass is 292 g/mol. The van der Waals surface area contributed by atoms with Gasteiger partial charge in [-0.25, -0.2) is 9.78 Å². The Morgan fingerprint density at radius 1 is 1.33 bits per heavy atom. The van der Waals surface area contributed by atoms with E-state index in [1.165, 1.54) is 12.4 Å². The Hall–Kier alpha value is -1.55. The second-order valence-electron chi connectivity index (χ2n) is 2.70. The Balaban J connectivity index is 0.00000112. The van der Waals surface area contributed by atoms with Crippen LogP contribution in [0.4, 0.5) is 0 Å². The van der Waals surface area contributed by atoms with E-state index >= 15 is 0 Å². The van der Waals surface area contributed by atoms with E-state index in [-0.39, 0.29) is 30.7 Å². The third kappa shape index (κ3) is 1.94. The van der Waals surface area contributed by atoms with Gasteiger partial charge in [0.1, 0.15) is 5.52 Å². The molecule has 6 heteroatoms. The minimum Gasteiger partial charge on any atom is -0.504 e. The van der Waals surface area contributed by atoms with E-state index < -0.39 is 11.7 Å². The summed E-state index contributed by atoms with van der Waals surface area (Å²) in [5.41, 5.74) is -0.129. The van der Waals surface area contributed by atoms with Gasteiger partial charge in [-0.15, -0.1) is 0 Å². The summed E-state index contributed by atoms with van der Waals surface area (Å²) in [4.78, 5) is 18.1. The third-order valence-electron chi connectivity index (χ3n) is 1.82. The van der Waals surface area contributed by atoms with E-state index in [1.54, 1.807) is 12.1 Å². The number of pyridine rings is 2. The second-order valence-corrected chi connectivity index (χ2v) is 2.70. The molecule has 0 aromatic carbocycles. The van der Waals surface area contributed by atoms with Gasteiger partial charge in [-0.3, -0.25) is 4.98 Å². The molecule has 0 amide bonds. The number of carboxylic acid groups (broad SMARTS) is 1. The van der Waals surface area contributed by atoms with Crippen molar-refractivity contribution < 1.29 is 34.5 Å². The van der Waals surface area contributed by atoms with Crippen LogP contribution in [0.15, 0.2) is 24.5 Å². The summed E-state index contributed by atoms with van der Waals surface area (Å²) in [6.07, 6.45) is 2.85. The predicted molar refractivity (Wildman–Crippen MR) is 48.2 cm³/mol. The Labute approximate surface area is 97.6 Å². The molecule has 1 radical (unpaired) electrons. The average molecular weight is 291 g/mol. The number of nitrogens with zero attached hydrogens (tertiary/aromatic N) is 2. The van der Waals surface area contributed by atoms with E-state index in [0.29, 0.717) is 5.39 Å². The van der Waals surface area contributed by atoms with Crippen LogP contribution in [0.3, 0.4) is 0 Å². The maximum atomic E-state index is 10.6. The van der Waals surface area contributed by atoms with Crippen molar-refractivity contribution in [1.29, 1.82) is 0 Å². The SMILES string of the molecule is O=C(O)c1ncc2cccnc2c1O.[Ru+]. The van der Waals surface area contributed by atoms with Crippen LogP contribution in [0.25, 0.3) is 10.9 Å². The van der Waals surface area contributed by atoms with E-state index in [2.05, 4.69) is 9.97 Å². The standard InChI is InChI=1S/C9H6N2O3.Ru/c12-8-6-5(2-1-3-10-6)4-11-7(8)9(13)14;/h1-4,12H,(H,13,14);/q;+1. The van der Waals surface area contributed by atoms with Gasteiger partial charge in [0.05, 0.1) is 0 Å². The van der Waals surface area contributed by atoms with Crippen molar-refractivity contribution in [2.24, 2.45) is 0 Å². The van der Waals surface area contributed by atoms with Crippen molar-refractivity contribution in [3.63, 3.8) is 0 Å². The number of fused-ring (bicyclic) bond motifs is 1. The molecule has 77 valence electrons. The molecular weight excluding hydrogens is 285 g/mol. The van der Waals surface area contributed by atoms with Gasteiger partial charge in [-0.2, -0.15) is 0 Å². The molecule has 2 N–H and O–H groups in total. The molecule has 2 heterocycles. The number of carbonyl (C=O) groups is 1. The number of aromatic nitrogens is 2. The molecule has 0 aliphatic heterocycles. The van der Waals surface area contributed by atoms with Crippen LogP contribution in [0.5, 0.6) is 5.75 Å². The summed E-state index contributed by atoms with van der Waals surface area (Å²) in [6.45, 7) is 0. The van der Waals surface area contributed by atoms with Gasteiger partial charge >= 0.3 is 25.4 Å². The predicted octanol–water partition coefficient (Wildman–Crippen LogP) is 1.03. The molecule has 15 heavy (non-hydrogen) atoms. The van der Waals surface area contributed by atoms with Crippen LogP contribution in [-0.2, 0) is 19.5 Å². The number of aromatic hydroxyl groups is 1. The smallest absolute Gasteiger partial charge is 0.504 e. The molecule has 0 fully saturated rings. The van der Waals surface area contributed by atoms with Crippen molar-refractivity contribution >= 4 is 16.9 Å². The first-order chi connectivity index (χ1) is 6.70. The topological polar surface area (TPSA) is 83.3 Å². The molecule has 0 spiro atoms. The van der Waals surface area contributed by atoms with Gasteiger partial charge in [-0.1, -0.05) is 0 Å². The molecule has 0 saturated carbocycles. The van der Waals surface area contributed by atoms with E-state index in [0.717, 1.165) is 0 Å². The van der Waals surface area contributed by atoms with Crippen molar-refractivity contribution in [3.05, 3.63) is 30.2 Å². The molecule has 0 bridgehead atoms. The zero-order valence-electron chi connectivity index (χ0n) is 7.36. The first-order valence-electron chi connectivity index (χ1n) is 3.86. The van der Waals surface area contributed by atoms with Crippen LogP contribution < -0.4 is 0 Å². The first-order valence-corrected chi connectivity index (χ1v) is 3.86. The minimum atomic E-state index is -1.27. The summed E-state index contributed by atoms with van der Waals surface area (Å²) in [6, 6.07) is 3.38. The van der Waals surface area contributed by atoms with Gasteiger partial charge in [0.2, 0.25) is 0 Å².